The molecule has 0 spiro atoms. The van der Waals surface area contributed by atoms with Gasteiger partial charge in [0, 0.05) is 11.5 Å². The Labute approximate surface area is 176 Å². The number of benzene rings is 2. The summed E-state index contributed by atoms with van der Waals surface area (Å²) in [6.45, 7) is 3.35. The molecule has 1 atom stereocenters. The average molecular weight is 424 g/mol. The maximum absolute atomic E-state index is 13.0. The molecule has 1 aromatic heterocycles. The lowest BCUT2D eigenvalue weighted by Gasteiger charge is -2.19. The zero-order valence-corrected chi connectivity index (χ0v) is 16.8. The van der Waals surface area contributed by atoms with E-state index in [1.165, 1.54) is 18.2 Å². The van der Waals surface area contributed by atoms with E-state index in [-0.39, 0.29) is 34.9 Å². The zero-order valence-electron chi connectivity index (χ0n) is 16.8. The minimum atomic E-state index is -1.05. The Kier molecular flexibility index (Phi) is 6.39. The van der Waals surface area contributed by atoms with Crippen LogP contribution in [0.4, 0.5) is 5.69 Å². The Morgan fingerprint density at radius 1 is 1.13 bits per heavy atom. The summed E-state index contributed by atoms with van der Waals surface area (Å²) < 4.78 is 5.15. The number of carbonyl (C=O) groups is 2. The maximum Gasteiger partial charge on any atom is 0.308 e. The number of nitrogens with zero attached hydrogens (tertiary/aromatic N) is 2. The maximum atomic E-state index is 13.0. The SMILES string of the molecule is CC(C)OC(=O)CC(NC(=O)c1n[nH]c(=O)c2ccccc12)c1ccccc1[N+](=O)[O-]. The van der Waals surface area contributed by atoms with Crippen LogP contribution in [0.2, 0.25) is 0 Å². The van der Waals surface area contributed by atoms with E-state index in [0.717, 1.165) is 0 Å². The summed E-state index contributed by atoms with van der Waals surface area (Å²) in [5, 5.41) is 20.8. The number of hydrogen-bond donors (Lipinski definition) is 2. The van der Waals surface area contributed by atoms with E-state index < -0.39 is 28.4 Å². The molecule has 31 heavy (non-hydrogen) atoms. The summed E-state index contributed by atoms with van der Waals surface area (Å²) in [7, 11) is 0. The second-order valence-electron chi connectivity index (χ2n) is 7.03. The molecule has 3 rings (SSSR count). The summed E-state index contributed by atoms with van der Waals surface area (Å²) in [6, 6.07) is 11.2. The number of aromatic nitrogens is 2. The molecule has 2 N–H and O–H groups in total. The van der Waals surface area contributed by atoms with E-state index in [9.17, 15) is 24.5 Å². The van der Waals surface area contributed by atoms with Crippen molar-refractivity contribution in [2.45, 2.75) is 32.4 Å². The van der Waals surface area contributed by atoms with Crippen molar-refractivity contribution in [1.29, 1.82) is 0 Å². The van der Waals surface area contributed by atoms with Gasteiger partial charge < -0.3 is 10.1 Å². The van der Waals surface area contributed by atoms with Gasteiger partial charge in [0.25, 0.3) is 17.2 Å². The number of hydrogen-bond acceptors (Lipinski definition) is 7. The predicted molar refractivity (Wildman–Crippen MR) is 112 cm³/mol. The molecule has 1 unspecified atom stereocenters. The van der Waals surface area contributed by atoms with Crippen molar-refractivity contribution in [3.63, 3.8) is 0 Å². The van der Waals surface area contributed by atoms with Crippen LogP contribution in [0.15, 0.2) is 53.3 Å². The van der Waals surface area contributed by atoms with E-state index >= 15 is 0 Å². The van der Waals surface area contributed by atoms with Gasteiger partial charge in [-0.1, -0.05) is 36.4 Å². The minimum Gasteiger partial charge on any atom is -0.463 e. The lowest BCUT2D eigenvalue weighted by Crippen LogP contribution is -2.33. The van der Waals surface area contributed by atoms with Crippen LogP contribution in [0.1, 0.15) is 42.4 Å². The molecule has 1 amide bonds. The van der Waals surface area contributed by atoms with Crippen LogP contribution in [0.25, 0.3) is 10.8 Å². The molecule has 3 aromatic rings. The molecule has 0 radical (unpaired) electrons. The van der Waals surface area contributed by atoms with Crippen molar-refractivity contribution in [2.75, 3.05) is 0 Å². The topological polar surface area (TPSA) is 144 Å². The van der Waals surface area contributed by atoms with E-state index in [4.69, 9.17) is 4.74 Å². The first-order valence-corrected chi connectivity index (χ1v) is 9.49. The van der Waals surface area contributed by atoms with Crippen molar-refractivity contribution >= 4 is 28.3 Å². The van der Waals surface area contributed by atoms with Crippen molar-refractivity contribution in [1.82, 2.24) is 15.5 Å². The van der Waals surface area contributed by atoms with Crippen LogP contribution in [0, 0.1) is 10.1 Å². The normalized spacial score (nSPS) is 11.8. The van der Waals surface area contributed by atoms with Crippen LogP contribution < -0.4 is 10.9 Å². The number of aromatic amines is 1. The van der Waals surface area contributed by atoms with Gasteiger partial charge >= 0.3 is 5.97 Å². The highest BCUT2D eigenvalue weighted by molar-refractivity contribution is 6.05. The molecule has 10 nitrogen and oxygen atoms in total. The second kappa shape index (κ2) is 9.16. The largest absolute Gasteiger partial charge is 0.463 e. The lowest BCUT2D eigenvalue weighted by molar-refractivity contribution is -0.385. The van der Waals surface area contributed by atoms with Gasteiger partial charge in [-0.05, 0) is 19.9 Å². The van der Waals surface area contributed by atoms with Crippen molar-refractivity contribution in [3.8, 4) is 0 Å². The number of rotatable bonds is 7. The highest BCUT2D eigenvalue weighted by Gasteiger charge is 2.28. The number of H-pyrrole nitrogens is 1. The lowest BCUT2D eigenvalue weighted by atomic mass is 10.0. The summed E-state index contributed by atoms with van der Waals surface area (Å²) in [5.74, 6) is -1.33. The van der Waals surface area contributed by atoms with Crippen molar-refractivity contribution < 1.29 is 19.2 Å². The summed E-state index contributed by atoms with van der Waals surface area (Å²) >= 11 is 0. The number of amides is 1. The highest BCUT2D eigenvalue weighted by atomic mass is 16.6. The number of nitro benzene ring substituents is 1. The first-order valence-electron chi connectivity index (χ1n) is 9.49. The molecule has 0 aliphatic heterocycles. The molecule has 10 heteroatoms. The Hall–Kier alpha value is -4.08. The minimum absolute atomic E-state index is 0.0731. The van der Waals surface area contributed by atoms with Gasteiger partial charge in [-0.2, -0.15) is 5.10 Å². The highest BCUT2D eigenvalue weighted by Crippen LogP contribution is 2.28. The zero-order chi connectivity index (χ0) is 22.5. The van der Waals surface area contributed by atoms with Crippen LogP contribution in [0.3, 0.4) is 0 Å². The van der Waals surface area contributed by atoms with Gasteiger partial charge in [-0.25, -0.2) is 5.10 Å². The Bertz CT molecular complexity index is 1200. The average Bonchev–Trinajstić information content (AvgIpc) is 2.73. The number of fused-ring (bicyclic) bond motifs is 1. The van der Waals surface area contributed by atoms with Gasteiger partial charge in [-0.3, -0.25) is 24.5 Å². The molecule has 0 bridgehead atoms. The molecule has 160 valence electrons. The van der Waals surface area contributed by atoms with Gasteiger partial charge in [0.2, 0.25) is 0 Å². The second-order valence-corrected chi connectivity index (χ2v) is 7.03. The van der Waals surface area contributed by atoms with Crippen LogP contribution in [-0.4, -0.2) is 33.1 Å². The third kappa shape index (κ3) is 4.92. The summed E-state index contributed by atoms with van der Waals surface area (Å²) in [6.07, 6.45) is -0.713. The number of carbonyl (C=O) groups excluding carboxylic acids is 2. The fourth-order valence-corrected chi connectivity index (χ4v) is 3.18. The molecule has 0 fully saturated rings. The summed E-state index contributed by atoms with van der Waals surface area (Å²) in [5.41, 5.74) is -0.626. The van der Waals surface area contributed by atoms with E-state index in [1.54, 1.807) is 44.2 Å². The van der Waals surface area contributed by atoms with Gasteiger partial charge in [0.1, 0.15) is 0 Å². The van der Waals surface area contributed by atoms with E-state index in [1.807, 2.05) is 0 Å². The quantitative estimate of drug-likeness (QED) is 0.337. The van der Waals surface area contributed by atoms with E-state index in [0.29, 0.717) is 5.39 Å². The molecule has 0 aliphatic rings. The number of nitrogens with one attached hydrogen (secondary N) is 2. The standard InChI is InChI=1S/C21H20N4O6/c1-12(2)31-18(26)11-16(15-9-5-6-10-17(15)25(29)30)22-21(28)19-13-7-3-4-8-14(13)20(27)24-23-19/h3-10,12,16H,11H2,1-2H3,(H,22,28)(H,24,27). The van der Waals surface area contributed by atoms with Crippen molar-refractivity contribution in [2.24, 2.45) is 0 Å². The Balaban J connectivity index is 2.00. The fraction of sp³-hybridized carbons (Fsp3) is 0.238. The number of esters is 1. The van der Waals surface area contributed by atoms with Crippen LogP contribution in [-0.2, 0) is 9.53 Å². The van der Waals surface area contributed by atoms with Crippen LogP contribution in [0.5, 0.6) is 0 Å². The molecule has 0 aliphatic carbocycles. The third-order valence-corrected chi connectivity index (χ3v) is 4.46. The number of para-hydroxylation sites is 1. The summed E-state index contributed by atoms with van der Waals surface area (Å²) in [4.78, 5) is 48.2. The Morgan fingerprint density at radius 3 is 2.45 bits per heavy atom. The van der Waals surface area contributed by atoms with Gasteiger partial charge in [0.05, 0.1) is 34.4 Å². The van der Waals surface area contributed by atoms with Crippen molar-refractivity contribution in [3.05, 3.63) is 80.3 Å². The van der Waals surface area contributed by atoms with Gasteiger partial charge in [-0.15, -0.1) is 0 Å². The molecular formula is C21H20N4O6. The molecule has 2 aromatic carbocycles. The predicted octanol–water partition coefficient (Wildman–Crippen LogP) is 2.64. The first kappa shape index (κ1) is 21.6. The van der Waals surface area contributed by atoms with Crippen LogP contribution >= 0.6 is 0 Å². The molecule has 0 saturated heterocycles. The molecular weight excluding hydrogens is 404 g/mol. The Morgan fingerprint density at radius 2 is 1.77 bits per heavy atom. The van der Waals surface area contributed by atoms with Gasteiger partial charge in [0.15, 0.2) is 5.69 Å². The van der Waals surface area contributed by atoms with E-state index in [2.05, 4.69) is 15.5 Å². The smallest absolute Gasteiger partial charge is 0.308 e. The number of nitro groups is 1. The first-order chi connectivity index (χ1) is 14.8. The third-order valence-electron chi connectivity index (χ3n) is 4.46. The molecule has 1 heterocycles. The monoisotopic (exact) mass is 424 g/mol. The fourth-order valence-electron chi connectivity index (χ4n) is 3.18. The molecule has 0 saturated carbocycles. The number of ether oxygens (including phenoxy) is 1.